The normalized spacial score (nSPS) is 18.9. The molecule has 0 saturated carbocycles. The number of carbonyl (C=O) groups is 1. The van der Waals surface area contributed by atoms with E-state index in [2.05, 4.69) is 0 Å². The Balaban J connectivity index is 2.18. The van der Waals surface area contributed by atoms with Gasteiger partial charge in [-0.25, -0.2) is 13.6 Å². The molecule has 4 nitrogen and oxygen atoms in total. The molecular formula is C22H24F2N2O2. The van der Waals surface area contributed by atoms with E-state index in [0.717, 1.165) is 23.8 Å². The second-order valence-electron chi connectivity index (χ2n) is 7.17. The van der Waals surface area contributed by atoms with Crippen molar-refractivity contribution in [1.82, 2.24) is 9.80 Å². The summed E-state index contributed by atoms with van der Waals surface area (Å²) in [6, 6.07) is 12.6. The number of halogens is 2. The Bertz CT molecular complexity index is 883. The summed E-state index contributed by atoms with van der Waals surface area (Å²) in [5.74, 6) is -1.06. The zero-order valence-corrected chi connectivity index (χ0v) is 16.0. The summed E-state index contributed by atoms with van der Waals surface area (Å²) in [5.41, 5.74) is 0.720. The summed E-state index contributed by atoms with van der Waals surface area (Å²) in [7, 11) is 3.32. The molecule has 1 aliphatic rings. The molecule has 28 heavy (non-hydrogen) atoms. The van der Waals surface area contributed by atoms with Gasteiger partial charge in [-0.1, -0.05) is 30.3 Å². The lowest BCUT2D eigenvalue weighted by Gasteiger charge is -2.40. The van der Waals surface area contributed by atoms with Crippen LogP contribution in [0.4, 0.5) is 13.6 Å². The van der Waals surface area contributed by atoms with Crippen LogP contribution in [-0.4, -0.2) is 48.2 Å². The van der Waals surface area contributed by atoms with Gasteiger partial charge in [0.1, 0.15) is 11.6 Å². The van der Waals surface area contributed by atoms with Gasteiger partial charge in [0.25, 0.3) is 0 Å². The monoisotopic (exact) mass is 386 g/mol. The third kappa shape index (κ3) is 3.64. The average molecular weight is 386 g/mol. The van der Waals surface area contributed by atoms with E-state index in [-0.39, 0.29) is 24.7 Å². The van der Waals surface area contributed by atoms with Gasteiger partial charge in [0, 0.05) is 32.8 Å². The minimum atomic E-state index is -0.848. The van der Waals surface area contributed by atoms with Crippen LogP contribution in [0.5, 0.6) is 0 Å². The highest BCUT2D eigenvalue weighted by Gasteiger charge is 2.45. The minimum Gasteiger partial charge on any atom is -0.396 e. The summed E-state index contributed by atoms with van der Waals surface area (Å²) < 4.78 is 28.2. The van der Waals surface area contributed by atoms with Crippen molar-refractivity contribution in [1.29, 1.82) is 0 Å². The number of carbonyl (C=O) groups excluding carboxylic acids is 1. The van der Waals surface area contributed by atoms with Crippen LogP contribution in [0.25, 0.3) is 5.57 Å². The second kappa shape index (κ2) is 8.10. The van der Waals surface area contributed by atoms with Crippen LogP contribution in [0.2, 0.25) is 0 Å². The largest absolute Gasteiger partial charge is 0.396 e. The fourth-order valence-corrected chi connectivity index (χ4v) is 3.78. The lowest BCUT2D eigenvalue weighted by molar-refractivity contribution is 0.125. The van der Waals surface area contributed by atoms with Gasteiger partial charge in [-0.3, -0.25) is 0 Å². The molecule has 1 atom stereocenters. The van der Waals surface area contributed by atoms with Crippen LogP contribution in [0.3, 0.4) is 0 Å². The van der Waals surface area contributed by atoms with Gasteiger partial charge in [0.2, 0.25) is 0 Å². The van der Waals surface area contributed by atoms with E-state index >= 15 is 0 Å². The predicted octanol–water partition coefficient (Wildman–Crippen LogP) is 4.01. The highest BCUT2D eigenvalue weighted by Crippen LogP contribution is 2.44. The van der Waals surface area contributed by atoms with Gasteiger partial charge in [-0.2, -0.15) is 0 Å². The second-order valence-corrected chi connectivity index (χ2v) is 7.17. The Kier molecular flexibility index (Phi) is 5.79. The summed E-state index contributed by atoms with van der Waals surface area (Å²) in [5, 5.41) is 9.44. The first-order valence-electron chi connectivity index (χ1n) is 9.21. The van der Waals surface area contributed by atoms with E-state index in [1.807, 2.05) is 36.4 Å². The first kappa shape index (κ1) is 20.0. The fraction of sp³-hybridized carbons (Fsp3) is 0.318. The maximum atomic E-state index is 14.5. The molecule has 2 aromatic carbocycles. The molecule has 3 rings (SSSR count). The Labute approximate surface area is 163 Å². The Morgan fingerprint density at radius 1 is 1.18 bits per heavy atom. The van der Waals surface area contributed by atoms with E-state index in [1.165, 1.54) is 4.90 Å². The van der Waals surface area contributed by atoms with Gasteiger partial charge in [0.05, 0.1) is 5.54 Å². The average Bonchev–Trinajstić information content (AvgIpc) is 3.08. The van der Waals surface area contributed by atoms with E-state index in [4.69, 9.17) is 0 Å². The van der Waals surface area contributed by atoms with Crippen LogP contribution in [-0.2, 0) is 5.54 Å². The standard InChI is InChI=1S/C22H24F2N2O2/c1-25(2)21(28)26-15-16(19-13-18(23)9-10-20(19)24)14-22(26,11-6-12-27)17-7-4-3-5-8-17/h3-5,7-10,13-14,27H,6,11-12,15H2,1-2H3. The van der Waals surface area contributed by atoms with Crippen molar-refractivity contribution in [2.45, 2.75) is 18.4 Å². The SMILES string of the molecule is CN(C)C(=O)N1CC(c2cc(F)ccc2F)=CC1(CCCO)c1ccccc1. The highest BCUT2D eigenvalue weighted by molar-refractivity contribution is 5.83. The third-order valence-corrected chi connectivity index (χ3v) is 5.10. The van der Waals surface area contributed by atoms with E-state index in [0.29, 0.717) is 18.4 Å². The number of rotatable bonds is 5. The maximum absolute atomic E-state index is 14.5. The smallest absolute Gasteiger partial charge is 0.320 e. The zero-order chi connectivity index (χ0) is 20.3. The fourth-order valence-electron chi connectivity index (χ4n) is 3.78. The van der Waals surface area contributed by atoms with Crippen LogP contribution >= 0.6 is 0 Å². The number of hydrogen-bond donors (Lipinski definition) is 1. The highest BCUT2D eigenvalue weighted by atomic mass is 19.1. The van der Waals surface area contributed by atoms with Crippen LogP contribution < -0.4 is 0 Å². The van der Waals surface area contributed by atoms with Crippen molar-refractivity contribution in [3.8, 4) is 0 Å². The minimum absolute atomic E-state index is 0.0317. The Hall–Kier alpha value is -2.73. The molecule has 1 aliphatic heterocycles. The lowest BCUT2D eigenvalue weighted by Crippen LogP contribution is -2.49. The van der Waals surface area contributed by atoms with Gasteiger partial charge in [-0.15, -0.1) is 0 Å². The molecule has 2 aromatic rings. The molecule has 0 aromatic heterocycles. The summed E-state index contributed by atoms with van der Waals surface area (Å²) in [6.45, 7) is 0.119. The van der Waals surface area contributed by atoms with Crippen molar-refractivity contribution >= 4 is 11.6 Å². The number of aliphatic hydroxyl groups is 1. The molecule has 0 saturated heterocycles. The van der Waals surface area contributed by atoms with Crippen LogP contribution in [0.1, 0.15) is 24.0 Å². The van der Waals surface area contributed by atoms with Crippen molar-refractivity contribution < 1.29 is 18.7 Å². The van der Waals surface area contributed by atoms with E-state index in [9.17, 15) is 18.7 Å². The molecule has 2 amide bonds. The van der Waals surface area contributed by atoms with Crippen molar-refractivity contribution in [2.75, 3.05) is 27.2 Å². The molecular weight excluding hydrogens is 362 g/mol. The molecule has 0 aliphatic carbocycles. The number of nitrogens with zero attached hydrogens (tertiary/aromatic N) is 2. The van der Waals surface area contributed by atoms with Crippen LogP contribution in [0, 0.1) is 11.6 Å². The number of aliphatic hydroxyl groups excluding tert-OH is 1. The first-order valence-corrected chi connectivity index (χ1v) is 9.21. The summed E-state index contributed by atoms with van der Waals surface area (Å²) in [6.07, 6.45) is 2.77. The number of urea groups is 1. The van der Waals surface area contributed by atoms with Gasteiger partial charge < -0.3 is 14.9 Å². The van der Waals surface area contributed by atoms with E-state index < -0.39 is 17.2 Å². The molecule has 1 N–H and O–H groups in total. The topological polar surface area (TPSA) is 43.8 Å². The lowest BCUT2D eigenvalue weighted by atomic mass is 9.84. The Morgan fingerprint density at radius 2 is 1.89 bits per heavy atom. The van der Waals surface area contributed by atoms with Crippen molar-refractivity contribution in [3.63, 3.8) is 0 Å². The molecule has 6 heteroatoms. The summed E-state index contributed by atoms with van der Waals surface area (Å²) in [4.78, 5) is 16.1. The first-order chi connectivity index (χ1) is 13.4. The molecule has 0 spiro atoms. The Morgan fingerprint density at radius 3 is 2.54 bits per heavy atom. The van der Waals surface area contributed by atoms with Gasteiger partial charge >= 0.3 is 6.03 Å². The van der Waals surface area contributed by atoms with Gasteiger partial charge in [0.15, 0.2) is 0 Å². The van der Waals surface area contributed by atoms with Crippen molar-refractivity contribution in [3.05, 3.63) is 77.4 Å². The van der Waals surface area contributed by atoms with E-state index in [1.54, 1.807) is 19.0 Å². The molecule has 0 radical (unpaired) electrons. The molecule has 148 valence electrons. The number of benzene rings is 2. The predicted molar refractivity (Wildman–Crippen MR) is 105 cm³/mol. The molecule has 1 heterocycles. The third-order valence-electron chi connectivity index (χ3n) is 5.10. The molecule has 0 fully saturated rings. The number of amides is 2. The summed E-state index contributed by atoms with van der Waals surface area (Å²) >= 11 is 0. The van der Waals surface area contributed by atoms with Crippen LogP contribution in [0.15, 0.2) is 54.6 Å². The molecule has 0 bridgehead atoms. The maximum Gasteiger partial charge on any atom is 0.320 e. The van der Waals surface area contributed by atoms with Gasteiger partial charge in [-0.05, 0) is 48.3 Å². The zero-order valence-electron chi connectivity index (χ0n) is 16.0. The quantitative estimate of drug-likeness (QED) is 0.844. The number of hydrogen-bond acceptors (Lipinski definition) is 2. The molecule has 1 unspecified atom stereocenters. The van der Waals surface area contributed by atoms with Crippen molar-refractivity contribution in [2.24, 2.45) is 0 Å².